The quantitative estimate of drug-likeness (QED) is 0.600. The summed E-state index contributed by atoms with van der Waals surface area (Å²) in [5, 5.41) is 0. The number of rotatable bonds is 7. The van der Waals surface area contributed by atoms with Crippen LogP contribution in [-0.4, -0.2) is 23.5 Å². The molecule has 14 heavy (non-hydrogen) atoms. The van der Waals surface area contributed by atoms with E-state index in [1.807, 2.05) is 0 Å². The number of nitrogens with zero attached hydrogens (tertiary/aromatic N) is 1. The topological polar surface area (TPSA) is 3.24 Å². The molecule has 0 saturated heterocycles. The van der Waals surface area contributed by atoms with Gasteiger partial charge >= 0.3 is 0 Å². The van der Waals surface area contributed by atoms with Crippen LogP contribution in [0.25, 0.3) is 0 Å². The highest BCUT2D eigenvalue weighted by Gasteiger charge is 2.21. The minimum absolute atomic E-state index is 0.689. The summed E-state index contributed by atoms with van der Waals surface area (Å²) in [5.41, 5.74) is 0. The lowest BCUT2D eigenvalue weighted by Crippen LogP contribution is -2.43. The maximum atomic E-state index is 2.67. The Labute approximate surface area is 90.9 Å². The van der Waals surface area contributed by atoms with E-state index in [9.17, 15) is 0 Å². The molecule has 0 aromatic heterocycles. The summed E-state index contributed by atoms with van der Waals surface area (Å²) in [6.07, 6.45) is 3.92. The molecule has 0 aromatic rings. The third kappa shape index (κ3) is 4.45. The Bertz CT molecular complexity index is 129. The van der Waals surface area contributed by atoms with Crippen LogP contribution in [0.15, 0.2) is 0 Å². The van der Waals surface area contributed by atoms with Crippen LogP contribution in [0, 0.1) is 5.92 Å². The van der Waals surface area contributed by atoms with Crippen LogP contribution >= 0.6 is 0 Å². The van der Waals surface area contributed by atoms with Crippen molar-refractivity contribution in [1.82, 2.24) is 4.90 Å². The van der Waals surface area contributed by atoms with Gasteiger partial charge in [0.15, 0.2) is 0 Å². The molecular formula is C13H29N. The van der Waals surface area contributed by atoms with E-state index >= 15 is 0 Å². The Morgan fingerprint density at radius 2 is 1.57 bits per heavy atom. The molecule has 0 aliphatic heterocycles. The fourth-order valence-electron chi connectivity index (χ4n) is 2.24. The fourth-order valence-corrected chi connectivity index (χ4v) is 2.24. The molecule has 0 amide bonds. The molecule has 0 heterocycles. The average molecular weight is 199 g/mol. The van der Waals surface area contributed by atoms with E-state index in [0.29, 0.717) is 6.04 Å². The van der Waals surface area contributed by atoms with Crippen LogP contribution in [0.3, 0.4) is 0 Å². The van der Waals surface area contributed by atoms with Crippen LogP contribution in [0.5, 0.6) is 0 Å². The van der Waals surface area contributed by atoms with Gasteiger partial charge in [-0.15, -0.1) is 0 Å². The zero-order valence-corrected chi connectivity index (χ0v) is 11.0. The van der Waals surface area contributed by atoms with Gasteiger partial charge in [0.2, 0.25) is 0 Å². The summed E-state index contributed by atoms with van der Waals surface area (Å²) >= 11 is 0. The van der Waals surface area contributed by atoms with Gasteiger partial charge in [-0.2, -0.15) is 0 Å². The third-order valence-corrected chi connectivity index (χ3v) is 3.05. The summed E-state index contributed by atoms with van der Waals surface area (Å²) in [6, 6.07) is 1.45. The minimum atomic E-state index is 0.689. The standard InChI is InChI=1S/C13H29N/c1-7-9-10-14(12(5)6)13(8-2)11(3)4/h11-13H,7-10H2,1-6H3. The highest BCUT2D eigenvalue weighted by Crippen LogP contribution is 2.17. The van der Waals surface area contributed by atoms with E-state index in [1.165, 1.54) is 25.8 Å². The van der Waals surface area contributed by atoms with Crippen molar-refractivity contribution in [3.05, 3.63) is 0 Å². The summed E-state index contributed by atoms with van der Waals surface area (Å²) in [6.45, 7) is 15.2. The van der Waals surface area contributed by atoms with Gasteiger partial charge < -0.3 is 0 Å². The zero-order chi connectivity index (χ0) is 11.1. The van der Waals surface area contributed by atoms with Gasteiger partial charge in [-0.1, -0.05) is 34.1 Å². The van der Waals surface area contributed by atoms with Gasteiger partial charge in [0.05, 0.1) is 0 Å². The van der Waals surface area contributed by atoms with Crippen LogP contribution in [-0.2, 0) is 0 Å². The lowest BCUT2D eigenvalue weighted by atomic mass is 9.98. The van der Waals surface area contributed by atoms with Gasteiger partial charge in [0.25, 0.3) is 0 Å². The lowest BCUT2D eigenvalue weighted by Gasteiger charge is -2.37. The monoisotopic (exact) mass is 199 g/mol. The molecule has 0 rings (SSSR count). The van der Waals surface area contributed by atoms with Crippen molar-refractivity contribution in [3.63, 3.8) is 0 Å². The van der Waals surface area contributed by atoms with Gasteiger partial charge in [-0.3, -0.25) is 4.90 Å². The number of unbranched alkanes of at least 4 members (excludes halogenated alkanes) is 1. The average Bonchev–Trinajstić information content (AvgIpc) is 2.10. The number of hydrogen-bond donors (Lipinski definition) is 0. The number of hydrogen-bond acceptors (Lipinski definition) is 1. The van der Waals surface area contributed by atoms with Gasteiger partial charge in [-0.05, 0) is 39.2 Å². The first-order valence-corrected chi connectivity index (χ1v) is 6.30. The second kappa shape index (κ2) is 7.28. The summed E-state index contributed by atoms with van der Waals surface area (Å²) in [4.78, 5) is 2.67. The predicted octanol–water partition coefficient (Wildman–Crippen LogP) is 3.93. The second-order valence-electron chi connectivity index (χ2n) is 4.90. The van der Waals surface area contributed by atoms with Crippen molar-refractivity contribution < 1.29 is 0 Å². The molecule has 0 fully saturated rings. The molecule has 1 unspecified atom stereocenters. The van der Waals surface area contributed by atoms with E-state index in [1.54, 1.807) is 0 Å². The molecule has 0 radical (unpaired) electrons. The highest BCUT2D eigenvalue weighted by molar-refractivity contribution is 4.76. The SMILES string of the molecule is CCCCN(C(C)C)C(CC)C(C)C. The van der Waals surface area contributed by atoms with Crippen LogP contribution < -0.4 is 0 Å². The van der Waals surface area contributed by atoms with E-state index < -0.39 is 0 Å². The van der Waals surface area contributed by atoms with E-state index in [4.69, 9.17) is 0 Å². The molecular weight excluding hydrogens is 170 g/mol. The van der Waals surface area contributed by atoms with Crippen molar-refractivity contribution >= 4 is 0 Å². The zero-order valence-electron chi connectivity index (χ0n) is 11.0. The Hall–Kier alpha value is -0.0400. The Kier molecular flexibility index (Phi) is 7.26. The van der Waals surface area contributed by atoms with E-state index in [2.05, 4.69) is 46.4 Å². The van der Waals surface area contributed by atoms with E-state index in [-0.39, 0.29) is 0 Å². The van der Waals surface area contributed by atoms with E-state index in [0.717, 1.165) is 12.0 Å². The predicted molar refractivity (Wildman–Crippen MR) is 65.7 cm³/mol. The first-order valence-electron chi connectivity index (χ1n) is 6.30. The molecule has 0 saturated carbocycles. The van der Waals surface area contributed by atoms with Crippen LogP contribution in [0.4, 0.5) is 0 Å². The first kappa shape index (κ1) is 14.0. The second-order valence-corrected chi connectivity index (χ2v) is 4.90. The van der Waals surface area contributed by atoms with Gasteiger partial charge in [0.1, 0.15) is 0 Å². The lowest BCUT2D eigenvalue weighted by molar-refractivity contribution is 0.112. The van der Waals surface area contributed by atoms with Crippen molar-refractivity contribution in [2.75, 3.05) is 6.54 Å². The molecule has 0 aliphatic rings. The molecule has 0 spiro atoms. The molecule has 0 N–H and O–H groups in total. The molecule has 0 aromatic carbocycles. The Morgan fingerprint density at radius 3 is 1.86 bits per heavy atom. The summed E-state index contributed by atoms with van der Waals surface area (Å²) < 4.78 is 0. The van der Waals surface area contributed by atoms with Crippen LogP contribution in [0.2, 0.25) is 0 Å². The van der Waals surface area contributed by atoms with Crippen molar-refractivity contribution in [1.29, 1.82) is 0 Å². The largest absolute Gasteiger partial charge is 0.298 e. The fraction of sp³-hybridized carbons (Fsp3) is 1.00. The Morgan fingerprint density at radius 1 is 1.00 bits per heavy atom. The third-order valence-electron chi connectivity index (χ3n) is 3.05. The highest BCUT2D eigenvalue weighted by atomic mass is 15.2. The van der Waals surface area contributed by atoms with Crippen molar-refractivity contribution in [2.24, 2.45) is 5.92 Å². The van der Waals surface area contributed by atoms with Gasteiger partial charge in [0, 0.05) is 12.1 Å². The molecule has 86 valence electrons. The first-order chi connectivity index (χ1) is 6.54. The molecule has 1 atom stereocenters. The smallest absolute Gasteiger partial charge is 0.0118 e. The molecule has 1 heteroatoms. The van der Waals surface area contributed by atoms with Crippen molar-refractivity contribution in [2.45, 2.75) is 72.9 Å². The normalized spacial score (nSPS) is 14.4. The van der Waals surface area contributed by atoms with Crippen molar-refractivity contribution in [3.8, 4) is 0 Å². The molecule has 1 nitrogen and oxygen atoms in total. The van der Waals surface area contributed by atoms with Gasteiger partial charge in [-0.25, -0.2) is 0 Å². The minimum Gasteiger partial charge on any atom is -0.298 e. The maximum Gasteiger partial charge on any atom is 0.0118 e. The maximum absolute atomic E-state index is 2.67. The Balaban J connectivity index is 4.28. The summed E-state index contributed by atoms with van der Waals surface area (Å²) in [7, 11) is 0. The molecule has 0 bridgehead atoms. The van der Waals surface area contributed by atoms with Crippen LogP contribution in [0.1, 0.15) is 60.8 Å². The summed E-state index contributed by atoms with van der Waals surface area (Å²) in [5.74, 6) is 0.777. The molecule has 0 aliphatic carbocycles.